The molecule has 0 bridgehead atoms. The minimum absolute atomic E-state index is 0.0756. The maximum Gasteiger partial charge on any atom is 0.234 e. The summed E-state index contributed by atoms with van der Waals surface area (Å²) in [6.07, 6.45) is 0.901. The predicted molar refractivity (Wildman–Crippen MR) is 142 cm³/mol. The molecule has 0 aliphatic rings. The average Bonchev–Trinajstić information content (AvgIpc) is 3.26. The second kappa shape index (κ2) is 10.9. The minimum Gasteiger partial charge on any atom is -0.457 e. The molecule has 0 saturated carbocycles. The van der Waals surface area contributed by atoms with Gasteiger partial charge in [0.1, 0.15) is 11.5 Å². The molecule has 1 aromatic heterocycles. The first-order chi connectivity index (χ1) is 17.2. The summed E-state index contributed by atoms with van der Waals surface area (Å²) in [5.74, 6) is 1.69. The number of thioether (sulfide) groups is 1. The Morgan fingerprint density at radius 3 is 2.23 bits per heavy atom. The third-order valence-corrected chi connectivity index (χ3v) is 6.51. The van der Waals surface area contributed by atoms with E-state index in [4.69, 9.17) is 9.72 Å². The Balaban J connectivity index is 1.21. The standard InChI is InChI=1S/C29H25N3O2S/c33-28(30-23-15-17-25(18-16-23)34-24-11-5-2-6-12-24)21-35-29-31-26-13-7-8-14-27(26)32(29)20-19-22-9-3-1-4-10-22/h1-18H,19-21H2,(H,30,33). The Kier molecular flexibility index (Phi) is 7.10. The number of fused-ring (bicyclic) bond motifs is 1. The number of ether oxygens (including phenoxy) is 1. The van der Waals surface area contributed by atoms with Crippen LogP contribution < -0.4 is 10.1 Å². The van der Waals surface area contributed by atoms with Gasteiger partial charge in [-0.25, -0.2) is 4.98 Å². The molecule has 1 N–H and O–H groups in total. The number of aromatic nitrogens is 2. The van der Waals surface area contributed by atoms with E-state index in [2.05, 4.69) is 40.2 Å². The van der Waals surface area contributed by atoms with E-state index in [1.807, 2.05) is 78.9 Å². The van der Waals surface area contributed by atoms with Crippen LogP contribution in [0.2, 0.25) is 0 Å². The molecule has 5 nitrogen and oxygen atoms in total. The summed E-state index contributed by atoms with van der Waals surface area (Å²) in [6, 6.07) is 35.5. The summed E-state index contributed by atoms with van der Waals surface area (Å²) in [7, 11) is 0. The van der Waals surface area contributed by atoms with Crippen molar-refractivity contribution in [1.82, 2.24) is 9.55 Å². The molecule has 35 heavy (non-hydrogen) atoms. The largest absolute Gasteiger partial charge is 0.457 e. The highest BCUT2D eigenvalue weighted by molar-refractivity contribution is 7.99. The molecule has 6 heteroatoms. The van der Waals surface area contributed by atoms with Gasteiger partial charge in [-0.2, -0.15) is 0 Å². The maximum atomic E-state index is 12.7. The van der Waals surface area contributed by atoms with Gasteiger partial charge in [0.25, 0.3) is 0 Å². The van der Waals surface area contributed by atoms with Crippen LogP contribution in [-0.2, 0) is 17.8 Å². The smallest absolute Gasteiger partial charge is 0.234 e. The van der Waals surface area contributed by atoms with Gasteiger partial charge in [0.05, 0.1) is 16.8 Å². The minimum atomic E-state index is -0.0756. The quantitative estimate of drug-likeness (QED) is 0.236. The number of imidazole rings is 1. The van der Waals surface area contributed by atoms with Crippen LogP contribution in [0.4, 0.5) is 5.69 Å². The number of nitrogens with zero attached hydrogens (tertiary/aromatic N) is 2. The first-order valence-electron chi connectivity index (χ1n) is 11.5. The summed E-state index contributed by atoms with van der Waals surface area (Å²) in [5.41, 5.74) is 4.03. The Hall–Kier alpha value is -4.03. The second-order valence-corrected chi connectivity index (χ2v) is 8.99. The van der Waals surface area contributed by atoms with Crippen molar-refractivity contribution in [1.29, 1.82) is 0 Å². The number of aryl methyl sites for hydroxylation is 2. The van der Waals surface area contributed by atoms with Crippen molar-refractivity contribution in [3.05, 3.63) is 115 Å². The Morgan fingerprint density at radius 2 is 1.46 bits per heavy atom. The fraction of sp³-hybridized carbons (Fsp3) is 0.103. The Morgan fingerprint density at radius 1 is 0.800 bits per heavy atom. The van der Waals surface area contributed by atoms with E-state index < -0.39 is 0 Å². The van der Waals surface area contributed by atoms with Gasteiger partial charge in [-0.15, -0.1) is 0 Å². The fourth-order valence-electron chi connectivity index (χ4n) is 3.82. The number of hydrogen-bond donors (Lipinski definition) is 1. The van der Waals surface area contributed by atoms with Crippen molar-refractivity contribution in [3.63, 3.8) is 0 Å². The molecule has 0 spiro atoms. The van der Waals surface area contributed by atoms with Gasteiger partial charge in [-0.3, -0.25) is 4.79 Å². The van der Waals surface area contributed by atoms with E-state index in [1.54, 1.807) is 0 Å². The highest BCUT2D eigenvalue weighted by Crippen LogP contribution is 2.26. The molecule has 0 unspecified atom stereocenters. The fourth-order valence-corrected chi connectivity index (χ4v) is 4.66. The highest BCUT2D eigenvalue weighted by atomic mass is 32.2. The third-order valence-electron chi connectivity index (χ3n) is 5.54. The molecule has 5 aromatic rings. The molecule has 1 heterocycles. The number of anilines is 1. The molecule has 0 fully saturated rings. The van der Waals surface area contributed by atoms with Crippen molar-refractivity contribution < 1.29 is 9.53 Å². The number of hydrogen-bond acceptors (Lipinski definition) is 4. The van der Waals surface area contributed by atoms with Gasteiger partial charge in [-0.1, -0.05) is 72.4 Å². The molecule has 0 atom stereocenters. The molecule has 0 saturated heterocycles. The number of carbonyl (C=O) groups excluding carboxylic acids is 1. The van der Waals surface area contributed by atoms with Crippen LogP contribution in [0, 0.1) is 0 Å². The van der Waals surface area contributed by atoms with E-state index in [9.17, 15) is 4.79 Å². The van der Waals surface area contributed by atoms with Gasteiger partial charge in [0, 0.05) is 12.2 Å². The van der Waals surface area contributed by atoms with Crippen LogP contribution >= 0.6 is 11.8 Å². The van der Waals surface area contributed by atoms with E-state index in [1.165, 1.54) is 17.3 Å². The molecule has 4 aromatic carbocycles. The molecule has 0 radical (unpaired) electrons. The number of benzene rings is 4. The van der Waals surface area contributed by atoms with E-state index in [0.29, 0.717) is 0 Å². The lowest BCUT2D eigenvalue weighted by atomic mass is 10.1. The van der Waals surface area contributed by atoms with Gasteiger partial charge < -0.3 is 14.6 Å². The lowest BCUT2D eigenvalue weighted by Gasteiger charge is -2.10. The molecular weight excluding hydrogens is 454 g/mol. The lowest BCUT2D eigenvalue weighted by Crippen LogP contribution is -2.14. The second-order valence-electron chi connectivity index (χ2n) is 8.05. The number of para-hydroxylation sites is 3. The van der Waals surface area contributed by atoms with Gasteiger partial charge in [0.15, 0.2) is 5.16 Å². The van der Waals surface area contributed by atoms with Crippen molar-refractivity contribution in [3.8, 4) is 11.5 Å². The molecule has 5 rings (SSSR count). The summed E-state index contributed by atoms with van der Waals surface area (Å²) in [4.78, 5) is 17.5. The number of rotatable bonds is 9. The first-order valence-corrected chi connectivity index (χ1v) is 12.5. The van der Waals surface area contributed by atoms with Crippen LogP contribution in [0.25, 0.3) is 11.0 Å². The lowest BCUT2D eigenvalue weighted by molar-refractivity contribution is -0.113. The zero-order valence-corrected chi connectivity index (χ0v) is 19.9. The summed E-state index contributed by atoms with van der Waals surface area (Å²) >= 11 is 1.46. The maximum absolute atomic E-state index is 12.7. The topological polar surface area (TPSA) is 56.2 Å². The zero-order valence-electron chi connectivity index (χ0n) is 19.1. The van der Waals surface area contributed by atoms with Crippen LogP contribution in [0.3, 0.4) is 0 Å². The van der Waals surface area contributed by atoms with Crippen molar-refractivity contribution in [2.24, 2.45) is 0 Å². The van der Waals surface area contributed by atoms with E-state index in [0.717, 1.165) is 46.3 Å². The van der Waals surface area contributed by atoms with Crippen molar-refractivity contribution >= 4 is 34.4 Å². The molecule has 0 aliphatic heterocycles. The Bertz CT molecular complexity index is 1400. The molecule has 1 amide bonds. The van der Waals surface area contributed by atoms with E-state index >= 15 is 0 Å². The van der Waals surface area contributed by atoms with Crippen LogP contribution in [0.5, 0.6) is 11.5 Å². The Labute approximate surface area is 208 Å². The van der Waals surface area contributed by atoms with Crippen LogP contribution in [-0.4, -0.2) is 21.2 Å². The van der Waals surface area contributed by atoms with E-state index in [-0.39, 0.29) is 11.7 Å². The molecule has 174 valence electrons. The average molecular weight is 480 g/mol. The van der Waals surface area contributed by atoms with Gasteiger partial charge in [0.2, 0.25) is 5.91 Å². The monoisotopic (exact) mass is 479 g/mol. The normalized spacial score (nSPS) is 10.9. The zero-order chi connectivity index (χ0) is 23.9. The number of nitrogens with one attached hydrogen (secondary N) is 1. The molecule has 0 aliphatic carbocycles. The summed E-state index contributed by atoms with van der Waals surface area (Å²) < 4.78 is 8.02. The van der Waals surface area contributed by atoms with Crippen LogP contribution in [0.15, 0.2) is 114 Å². The first kappa shape index (κ1) is 22.7. The summed E-state index contributed by atoms with van der Waals surface area (Å²) in [6.45, 7) is 0.803. The van der Waals surface area contributed by atoms with Crippen LogP contribution in [0.1, 0.15) is 5.56 Å². The highest BCUT2D eigenvalue weighted by Gasteiger charge is 2.13. The van der Waals surface area contributed by atoms with Crippen molar-refractivity contribution in [2.45, 2.75) is 18.1 Å². The van der Waals surface area contributed by atoms with Gasteiger partial charge in [-0.05, 0) is 60.5 Å². The third kappa shape index (κ3) is 5.91. The SMILES string of the molecule is O=C(CSc1nc2ccccc2n1CCc1ccccc1)Nc1ccc(Oc2ccccc2)cc1. The van der Waals surface area contributed by atoms with Gasteiger partial charge >= 0.3 is 0 Å². The predicted octanol–water partition coefficient (Wildman–Crippen LogP) is 6.80. The number of amides is 1. The summed E-state index contributed by atoms with van der Waals surface area (Å²) in [5, 5.41) is 3.81. The molecular formula is C29H25N3O2S. The number of carbonyl (C=O) groups is 1. The van der Waals surface area contributed by atoms with Crippen molar-refractivity contribution in [2.75, 3.05) is 11.1 Å².